The zero-order valence-electron chi connectivity index (χ0n) is 14.2. The average Bonchev–Trinajstić information content (AvgIpc) is 3.10. The molecule has 1 aliphatic rings. The van der Waals surface area contributed by atoms with Crippen LogP contribution < -0.4 is 9.64 Å². The Hall–Kier alpha value is -2.67. The molecule has 0 unspecified atom stereocenters. The zero-order valence-corrected chi connectivity index (χ0v) is 15.0. The molecule has 0 saturated carbocycles. The lowest BCUT2D eigenvalue weighted by Gasteiger charge is -2.28. The van der Waals surface area contributed by atoms with Crippen LogP contribution in [0.1, 0.15) is 28.0 Å². The summed E-state index contributed by atoms with van der Waals surface area (Å²) in [4.78, 5) is 32.1. The van der Waals surface area contributed by atoms with Crippen LogP contribution in [0, 0.1) is 13.8 Å². The molecule has 0 spiro atoms. The predicted molar refractivity (Wildman–Crippen MR) is 96.9 cm³/mol. The van der Waals surface area contributed by atoms with Crippen LogP contribution in [0.4, 0.5) is 5.69 Å². The lowest BCUT2D eigenvalue weighted by atomic mass is 10.1. The van der Waals surface area contributed by atoms with E-state index < -0.39 is 0 Å². The van der Waals surface area contributed by atoms with Crippen molar-refractivity contribution in [3.63, 3.8) is 0 Å². The number of imidazole rings is 1. The van der Waals surface area contributed by atoms with E-state index in [4.69, 9.17) is 4.74 Å². The van der Waals surface area contributed by atoms with E-state index in [0.29, 0.717) is 23.7 Å². The number of hydrogen-bond donors (Lipinski definition) is 0. The summed E-state index contributed by atoms with van der Waals surface area (Å²) in [5, 5.41) is 0. The maximum Gasteiger partial charge on any atom is 0.265 e. The summed E-state index contributed by atoms with van der Waals surface area (Å²) in [6.45, 7) is 6.54. The first kappa shape index (κ1) is 15.8. The highest BCUT2D eigenvalue weighted by atomic mass is 32.1. The van der Waals surface area contributed by atoms with Crippen LogP contribution in [0.25, 0.3) is 16.2 Å². The predicted octanol–water partition coefficient (Wildman–Crippen LogP) is 3.24. The summed E-state index contributed by atoms with van der Waals surface area (Å²) in [5.41, 5.74) is 3.69. The number of anilines is 1. The van der Waals surface area contributed by atoms with Crippen LogP contribution in [0.3, 0.4) is 0 Å². The van der Waals surface area contributed by atoms with E-state index >= 15 is 0 Å². The molecule has 7 heteroatoms. The first-order valence-corrected chi connectivity index (χ1v) is 8.88. The third-order valence-electron chi connectivity index (χ3n) is 4.57. The lowest BCUT2D eigenvalue weighted by molar-refractivity contribution is -0.121. The van der Waals surface area contributed by atoms with Gasteiger partial charge in [0.15, 0.2) is 17.9 Å². The molecule has 1 aromatic carbocycles. The fourth-order valence-electron chi connectivity index (χ4n) is 3.19. The number of likely N-dealkylation sites (N-methyl/N-ethyl adjacent to an activating group) is 1. The van der Waals surface area contributed by atoms with Crippen molar-refractivity contribution in [3.8, 4) is 17.0 Å². The second kappa shape index (κ2) is 5.70. The summed E-state index contributed by atoms with van der Waals surface area (Å²) in [6, 6.07) is 5.58. The monoisotopic (exact) mass is 355 g/mol. The van der Waals surface area contributed by atoms with E-state index in [2.05, 4.69) is 4.98 Å². The number of nitrogens with zero attached hydrogens (tertiary/aromatic N) is 3. The number of aryl methyl sites for hydroxylation is 2. The third kappa shape index (κ3) is 2.26. The number of benzene rings is 1. The van der Waals surface area contributed by atoms with Gasteiger partial charge in [-0.1, -0.05) is 0 Å². The van der Waals surface area contributed by atoms with Gasteiger partial charge in [-0.05, 0) is 39.0 Å². The van der Waals surface area contributed by atoms with Gasteiger partial charge >= 0.3 is 0 Å². The minimum Gasteiger partial charge on any atom is -0.482 e. The van der Waals surface area contributed by atoms with Gasteiger partial charge in [-0.2, -0.15) is 0 Å². The summed E-state index contributed by atoms with van der Waals surface area (Å²) >= 11 is 1.56. The van der Waals surface area contributed by atoms with Gasteiger partial charge in [0.1, 0.15) is 17.1 Å². The Labute approximate surface area is 148 Å². The summed E-state index contributed by atoms with van der Waals surface area (Å²) in [6.07, 6.45) is 0.840. The molecule has 0 atom stereocenters. The molecule has 3 heterocycles. The van der Waals surface area contributed by atoms with Crippen molar-refractivity contribution in [2.45, 2.75) is 20.8 Å². The third-order valence-corrected chi connectivity index (χ3v) is 5.63. The minimum atomic E-state index is -0.0694. The van der Waals surface area contributed by atoms with Crippen molar-refractivity contribution in [1.29, 1.82) is 0 Å². The van der Waals surface area contributed by atoms with Crippen LogP contribution in [0.2, 0.25) is 0 Å². The number of fused-ring (bicyclic) bond motifs is 2. The largest absolute Gasteiger partial charge is 0.482 e. The normalized spacial score (nSPS) is 13.9. The van der Waals surface area contributed by atoms with Gasteiger partial charge in [-0.25, -0.2) is 4.98 Å². The van der Waals surface area contributed by atoms with Crippen molar-refractivity contribution in [2.75, 3.05) is 18.1 Å². The van der Waals surface area contributed by atoms with E-state index in [1.54, 1.807) is 16.2 Å². The van der Waals surface area contributed by atoms with E-state index in [0.717, 1.165) is 33.1 Å². The number of aromatic nitrogens is 2. The second-order valence-corrected chi connectivity index (χ2v) is 7.12. The maximum atomic E-state index is 12.1. The minimum absolute atomic E-state index is 0.0540. The molecule has 0 saturated heterocycles. The number of carbonyl (C=O) groups excluding carboxylic acids is 2. The fraction of sp³-hybridized carbons (Fsp3) is 0.278. The number of thiazole rings is 1. The standard InChI is InChI=1S/C18H17N3O3S/c1-4-20-13-7-12(5-6-15(13)24-9-16(20)23)17-14(8-22)21-10(2)11(3)25-18(21)19-17/h5-8H,4,9H2,1-3H3. The molecule has 0 N–H and O–H groups in total. The Morgan fingerprint density at radius 1 is 1.36 bits per heavy atom. The van der Waals surface area contributed by atoms with Crippen molar-refractivity contribution < 1.29 is 14.3 Å². The number of hydrogen-bond acceptors (Lipinski definition) is 5. The molecule has 25 heavy (non-hydrogen) atoms. The van der Waals surface area contributed by atoms with Gasteiger partial charge < -0.3 is 9.64 Å². The van der Waals surface area contributed by atoms with Crippen molar-refractivity contribution >= 4 is 34.2 Å². The number of rotatable bonds is 3. The molecule has 3 aromatic rings. The molecule has 1 amide bonds. The Balaban J connectivity index is 1.91. The Bertz CT molecular complexity index is 1020. The first-order valence-electron chi connectivity index (χ1n) is 8.06. The summed E-state index contributed by atoms with van der Waals surface area (Å²) in [5.74, 6) is 0.603. The molecule has 1 aliphatic heterocycles. The SMILES string of the molecule is CCN1C(=O)COc2ccc(-c3nc4sc(C)c(C)n4c3C=O)cc21. The van der Waals surface area contributed by atoms with Crippen LogP contribution in [0.15, 0.2) is 18.2 Å². The van der Waals surface area contributed by atoms with E-state index in [9.17, 15) is 9.59 Å². The van der Waals surface area contributed by atoms with Crippen molar-refractivity contribution in [2.24, 2.45) is 0 Å². The molecular formula is C18H17N3O3S. The maximum absolute atomic E-state index is 12.1. The van der Waals surface area contributed by atoms with E-state index in [-0.39, 0.29) is 12.5 Å². The van der Waals surface area contributed by atoms with Gasteiger partial charge in [-0.3, -0.25) is 14.0 Å². The Morgan fingerprint density at radius 3 is 2.88 bits per heavy atom. The molecule has 0 fully saturated rings. The number of ether oxygens (including phenoxy) is 1. The summed E-state index contributed by atoms with van der Waals surface area (Å²) in [7, 11) is 0. The molecular weight excluding hydrogens is 338 g/mol. The van der Waals surface area contributed by atoms with Gasteiger partial charge in [0.25, 0.3) is 5.91 Å². The topological polar surface area (TPSA) is 63.9 Å². The molecule has 6 nitrogen and oxygen atoms in total. The highest BCUT2D eigenvalue weighted by molar-refractivity contribution is 7.17. The molecule has 0 bridgehead atoms. The lowest BCUT2D eigenvalue weighted by Crippen LogP contribution is -2.38. The van der Waals surface area contributed by atoms with E-state index in [1.807, 2.05) is 43.4 Å². The van der Waals surface area contributed by atoms with Crippen LogP contribution >= 0.6 is 11.3 Å². The molecule has 2 aromatic heterocycles. The Kier molecular flexibility index (Phi) is 3.61. The second-order valence-electron chi connectivity index (χ2n) is 5.93. The number of carbonyl (C=O) groups is 2. The van der Waals surface area contributed by atoms with E-state index in [1.165, 1.54) is 0 Å². The van der Waals surface area contributed by atoms with Crippen LogP contribution in [-0.4, -0.2) is 34.7 Å². The average molecular weight is 355 g/mol. The Morgan fingerprint density at radius 2 is 2.16 bits per heavy atom. The first-order chi connectivity index (χ1) is 12.0. The molecule has 0 radical (unpaired) electrons. The smallest absolute Gasteiger partial charge is 0.265 e. The van der Waals surface area contributed by atoms with Gasteiger partial charge in [0, 0.05) is 22.7 Å². The fourth-order valence-corrected chi connectivity index (χ4v) is 4.17. The van der Waals surface area contributed by atoms with Gasteiger partial charge in [0.2, 0.25) is 0 Å². The van der Waals surface area contributed by atoms with Crippen LogP contribution in [-0.2, 0) is 4.79 Å². The molecule has 0 aliphatic carbocycles. The highest BCUT2D eigenvalue weighted by Crippen LogP contribution is 2.37. The van der Waals surface area contributed by atoms with Gasteiger partial charge in [0.05, 0.1) is 5.69 Å². The van der Waals surface area contributed by atoms with Crippen molar-refractivity contribution in [3.05, 3.63) is 34.5 Å². The summed E-state index contributed by atoms with van der Waals surface area (Å²) < 4.78 is 7.40. The number of amides is 1. The molecule has 4 rings (SSSR count). The quantitative estimate of drug-likeness (QED) is 0.677. The molecule has 128 valence electrons. The van der Waals surface area contributed by atoms with Gasteiger partial charge in [-0.15, -0.1) is 11.3 Å². The highest BCUT2D eigenvalue weighted by Gasteiger charge is 2.26. The van der Waals surface area contributed by atoms with Crippen LogP contribution in [0.5, 0.6) is 5.75 Å². The zero-order chi connectivity index (χ0) is 17.7. The number of aldehydes is 1. The van der Waals surface area contributed by atoms with Crippen molar-refractivity contribution in [1.82, 2.24) is 9.38 Å².